The Morgan fingerprint density at radius 3 is 0.318 bits per heavy atom. The number of carbonyl (C=O) groups is 7. The normalized spacial score (nSPS) is 7.16. The largest absolute Gasteiger partial charge is 4.00 e. The molecule has 0 heterocycles. The number of carboxylic acid groups (broad SMARTS) is 7. The van der Waals surface area contributed by atoms with Crippen molar-refractivity contribution in [1.29, 1.82) is 0 Å². The first kappa shape index (κ1) is 63.1. The van der Waals surface area contributed by atoms with Gasteiger partial charge in [-0.3, -0.25) is 0 Å². The molecule has 0 aromatic heterocycles. The van der Waals surface area contributed by atoms with Gasteiger partial charge >= 0.3 is 39.1 Å². The molecule has 0 atom stereocenters. The Morgan fingerprint density at radius 2 is 0.318 bits per heavy atom. The van der Waals surface area contributed by atoms with Crippen molar-refractivity contribution >= 4 is 59.1 Å². The molecule has 0 unspecified atom stereocenters. The van der Waals surface area contributed by atoms with Crippen molar-refractivity contribution in [2.45, 2.75) is 48.5 Å². The van der Waals surface area contributed by atoms with Gasteiger partial charge in [0.25, 0.3) is 0 Å². The summed E-state index contributed by atoms with van der Waals surface area (Å²) in [7, 11) is 0. The van der Waals surface area contributed by atoms with E-state index in [9.17, 15) is 69.3 Å². The third kappa shape index (κ3) is 90.4. The Balaban J connectivity index is -0.0000000461. The van der Waals surface area contributed by atoms with E-state index in [-0.39, 0.29) is 78.1 Å². The predicted octanol–water partition coefficient (Wildman–Crippen LogP) is -5.20. The molecule has 0 aliphatic carbocycles. The van der Waals surface area contributed by atoms with Crippen LogP contribution in [0.5, 0.6) is 0 Å². The van der Waals surface area contributed by atoms with E-state index in [0.29, 0.717) is 0 Å². The SMILES string of the molecule is C=C(C)C(=O)[O-].C=C(C)C(=O)[O-].C=C(C)C(=O)[O-].C=C(C)C(=O)[O-].C=C(C)C(=O)[O-].C=C(C)C(=O)[O-].C=C(C)C(=O)[O-].[Al+3].[Ti+4]. The minimum atomic E-state index is -1.19. The second kappa shape index (κ2) is 38.7. The molecule has 0 rings (SSSR count). The van der Waals surface area contributed by atoms with Crippen LogP contribution in [0.25, 0.3) is 0 Å². The Labute approximate surface area is 282 Å². The van der Waals surface area contributed by atoms with Gasteiger partial charge in [-0.25, -0.2) is 0 Å². The second-order valence-corrected chi connectivity index (χ2v) is 7.47. The summed E-state index contributed by atoms with van der Waals surface area (Å²) < 4.78 is 0. The number of aliphatic carboxylic acids is 7. The summed E-state index contributed by atoms with van der Waals surface area (Å²) in [5.74, 6) is -8.30. The molecule has 16 heteroatoms. The quantitative estimate of drug-likeness (QED) is 0.181. The molecule has 0 saturated carbocycles. The third-order valence-electron chi connectivity index (χ3n) is 2.44. The Bertz CT molecular complexity index is 750. The maximum absolute atomic E-state index is 9.49. The van der Waals surface area contributed by atoms with Crippen LogP contribution in [0.3, 0.4) is 0 Å². The minimum absolute atomic E-state index is 0. The van der Waals surface area contributed by atoms with E-state index >= 15 is 0 Å². The van der Waals surface area contributed by atoms with Crippen molar-refractivity contribution in [2.75, 3.05) is 0 Å². The van der Waals surface area contributed by atoms with Crippen molar-refractivity contribution in [1.82, 2.24) is 0 Å². The van der Waals surface area contributed by atoms with Crippen molar-refractivity contribution in [2.24, 2.45) is 0 Å². The van der Waals surface area contributed by atoms with Gasteiger partial charge < -0.3 is 69.3 Å². The van der Waals surface area contributed by atoms with E-state index in [0.717, 1.165) is 0 Å². The van der Waals surface area contributed by atoms with E-state index in [1.807, 2.05) is 0 Å². The first-order valence-electron chi connectivity index (χ1n) is 10.6. The van der Waals surface area contributed by atoms with Crippen LogP contribution in [-0.4, -0.2) is 59.1 Å². The number of rotatable bonds is 7. The van der Waals surface area contributed by atoms with Gasteiger partial charge in [0, 0.05) is 0 Å². The van der Waals surface area contributed by atoms with Gasteiger partial charge in [-0.1, -0.05) is 46.1 Å². The molecule has 14 nitrogen and oxygen atoms in total. The summed E-state index contributed by atoms with van der Waals surface area (Å²) >= 11 is 0. The van der Waals surface area contributed by atoms with Crippen LogP contribution >= 0.6 is 0 Å². The minimum Gasteiger partial charge on any atom is -0.545 e. The second-order valence-electron chi connectivity index (χ2n) is 7.47. The molecule has 0 saturated heterocycles. The van der Waals surface area contributed by atoms with E-state index in [1.165, 1.54) is 48.5 Å². The van der Waals surface area contributed by atoms with Crippen molar-refractivity contribution in [3.8, 4) is 0 Å². The van der Waals surface area contributed by atoms with Crippen molar-refractivity contribution in [3.63, 3.8) is 0 Å². The molecule has 238 valence electrons. The molecule has 0 N–H and O–H groups in total. The van der Waals surface area contributed by atoms with Crippen LogP contribution < -0.4 is 35.7 Å². The molecule has 0 amide bonds. The fraction of sp³-hybridized carbons (Fsp3) is 0.250. The number of hydrogen-bond acceptors (Lipinski definition) is 14. The third-order valence-corrected chi connectivity index (χ3v) is 2.44. The fourth-order valence-electron chi connectivity index (χ4n) is 0. The molecule has 0 fully saturated rings. The summed E-state index contributed by atoms with van der Waals surface area (Å²) in [6.45, 7) is 31.3. The van der Waals surface area contributed by atoms with Gasteiger partial charge in [0.1, 0.15) is 0 Å². The van der Waals surface area contributed by atoms with Gasteiger partial charge in [-0.05, 0) is 87.5 Å². The average Bonchev–Trinajstić information content (AvgIpc) is 2.80. The Morgan fingerprint density at radius 1 is 0.295 bits per heavy atom. The maximum Gasteiger partial charge on any atom is 4.00 e. The topological polar surface area (TPSA) is 281 Å². The molecular formula is C28H35AlO14Ti. The monoisotopic (exact) mass is 670 g/mol. The number of hydrogen-bond donors (Lipinski definition) is 0. The van der Waals surface area contributed by atoms with Crippen LogP contribution in [0.15, 0.2) is 85.1 Å². The zero-order valence-corrected chi connectivity index (χ0v) is 28.5. The summed E-state index contributed by atoms with van der Waals surface area (Å²) in [5.41, 5.74) is 0.454. The molecule has 0 aromatic carbocycles. The zero-order valence-electron chi connectivity index (χ0n) is 25.7. The smallest absolute Gasteiger partial charge is 0.545 e. The molecule has 0 aliphatic rings. The van der Waals surface area contributed by atoms with E-state index < -0.39 is 41.8 Å². The summed E-state index contributed by atoms with van der Waals surface area (Å²) in [4.78, 5) is 66.4. The van der Waals surface area contributed by atoms with Gasteiger partial charge in [-0.15, -0.1) is 0 Å². The Kier molecular flexibility index (Phi) is 55.5. The van der Waals surface area contributed by atoms with Crippen molar-refractivity contribution in [3.05, 3.63) is 85.1 Å². The molecule has 0 bridgehead atoms. The van der Waals surface area contributed by atoms with E-state index in [2.05, 4.69) is 46.1 Å². The fourth-order valence-corrected chi connectivity index (χ4v) is 0. The molecule has 0 spiro atoms. The first-order chi connectivity index (χ1) is 18.5. The summed E-state index contributed by atoms with van der Waals surface area (Å²) in [5, 5.41) is 66.4. The van der Waals surface area contributed by atoms with Crippen LogP contribution in [-0.2, 0) is 55.3 Å². The first-order valence-corrected chi connectivity index (χ1v) is 10.6. The van der Waals surface area contributed by atoms with E-state index in [4.69, 9.17) is 0 Å². The van der Waals surface area contributed by atoms with Crippen LogP contribution in [0.1, 0.15) is 48.5 Å². The summed E-state index contributed by atoms with van der Waals surface area (Å²) in [6, 6.07) is 0. The molecular weight excluding hydrogens is 635 g/mol. The van der Waals surface area contributed by atoms with Gasteiger partial charge in [0.15, 0.2) is 0 Å². The maximum atomic E-state index is 9.49. The van der Waals surface area contributed by atoms with Crippen molar-refractivity contribution < 1.29 is 91.0 Å². The molecule has 0 aliphatic heterocycles. The van der Waals surface area contributed by atoms with Crippen LogP contribution in [0.4, 0.5) is 0 Å². The molecule has 0 radical (unpaired) electrons. The van der Waals surface area contributed by atoms with Gasteiger partial charge in [0.2, 0.25) is 0 Å². The number of carbonyl (C=O) groups excluding carboxylic acids is 7. The van der Waals surface area contributed by atoms with Crippen LogP contribution in [0, 0.1) is 0 Å². The standard InChI is InChI=1S/7C4H6O2.Al.Ti/c7*1-3(2)4(5)6;;/h7*1H2,2H3,(H,5,6);;/q;;;;;;;+3;+4/p-7. The summed E-state index contributed by atoms with van der Waals surface area (Å²) in [6.07, 6.45) is 0. The average molecular weight is 670 g/mol. The molecule has 44 heavy (non-hydrogen) atoms. The van der Waals surface area contributed by atoms with Crippen LogP contribution in [0.2, 0.25) is 0 Å². The van der Waals surface area contributed by atoms with E-state index in [1.54, 1.807) is 0 Å². The predicted molar refractivity (Wildman–Crippen MR) is 145 cm³/mol. The Hall–Kier alpha value is -4.28. The van der Waals surface area contributed by atoms with Gasteiger partial charge in [0.05, 0.1) is 41.8 Å². The van der Waals surface area contributed by atoms with Gasteiger partial charge in [-0.2, -0.15) is 0 Å². The number of carboxylic acids is 7. The molecule has 0 aromatic rings. The zero-order chi connectivity index (χ0) is 36.1.